The molecule has 0 aliphatic carbocycles. The number of rotatable bonds is 4. The highest BCUT2D eigenvalue weighted by Gasteiger charge is 2.11. The Kier molecular flexibility index (Phi) is 4.81. The maximum absolute atomic E-state index is 6.15. The van der Waals surface area contributed by atoms with Gasteiger partial charge < -0.3 is 5.32 Å². The fourth-order valence-electron chi connectivity index (χ4n) is 1.55. The Morgan fingerprint density at radius 1 is 1.42 bits per heavy atom. The van der Waals surface area contributed by atoms with Crippen LogP contribution in [0.25, 0.3) is 0 Å². The fraction of sp³-hybridized carbons (Fsp3) is 0.385. The molecule has 0 bridgehead atoms. The van der Waals surface area contributed by atoms with Gasteiger partial charge in [-0.2, -0.15) is 0 Å². The van der Waals surface area contributed by atoms with E-state index in [1.807, 2.05) is 6.92 Å². The van der Waals surface area contributed by atoms with Gasteiger partial charge in [0.25, 0.3) is 0 Å². The molecule has 0 aliphatic rings. The molecule has 3 nitrogen and oxygen atoms in total. The van der Waals surface area contributed by atoms with Gasteiger partial charge in [0, 0.05) is 26.2 Å². The van der Waals surface area contributed by atoms with Gasteiger partial charge in [-0.05, 0) is 28.9 Å². The third kappa shape index (κ3) is 3.68. The molecular weight excluding hydrogens is 346 g/mol. The van der Waals surface area contributed by atoms with Crippen LogP contribution in [0.1, 0.15) is 36.0 Å². The van der Waals surface area contributed by atoms with Gasteiger partial charge in [-0.15, -0.1) is 11.3 Å². The highest BCUT2D eigenvalue weighted by Crippen LogP contribution is 2.25. The van der Waals surface area contributed by atoms with Crippen LogP contribution in [0, 0.1) is 6.92 Å². The lowest BCUT2D eigenvalue weighted by Crippen LogP contribution is -2.07. The SMILES string of the molecule is Cc1c(Cl)nc(C(C)C)nc1NCc1cc(Br)cs1. The van der Waals surface area contributed by atoms with Gasteiger partial charge in [-0.3, -0.25) is 0 Å². The van der Waals surface area contributed by atoms with Crippen LogP contribution in [0.3, 0.4) is 0 Å². The van der Waals surface area contributed by atoms with Gasteiger partial charge in [0.15, 0.2) is 0 Å². The molecule has 2 rings (SSSR count). The molecular formula is C13H15BrClN3S. The van der Waals surface area contributed by atoms with Gasteiger partial charge in [-0.25, -0.2) is 9.97 Å². The zero-order chi connectivity index (χ0) is 14.0. The van der Waals surface area contributed by atoms with E-state index >= 15 is 0 Å². The minimum atomic E-state index is 0.259. The smallest absolute Gasteiger partial charge is 0.137 e. The van der Waals surface area contributed by atoms with Crippen molar-refractivity contribution in [3.63, 3.8) is 0 Å². The van der Waals surface area contributed by atoms with Crippen molar-refractivity contribution in [2.24, 2.45) is 0 Å². The number of anilines is 1. The highest BCUT2D eigenvalue weighted by molar-refractivity contribution is 9.10. The minimum absolute atomic E-state index is 0.259. The quantitative estimate of drug-likeness (QED) is 0.780. The number of thiophene rings is 1. The highest BCUT2D eigenvalue weighted by atomic mass is 79.9. The van der Waals surface area contributed by atoms with Crippen molar-refractivity contribution in [2.45, 2.75) is 33.2 Å². The van der Waals surface area contributed by atoms with Gasteiger partial charge in [0.05, 0.1) is 6.54 Å². The molecule has 2 aromatic rings. The predicted molar refractivity (Wildman–Crippen MR) is 85.2 cm³/mol. The molecule has 0 saturated carbocycles. The van der Waals surface area contributed by atoms with E-state index in [4.69, 9.17) is 11.6 Å². The molecule has 2 heterocycles. The van der Waals surface area contributed by atoms with E-state index in [9.17, 15) is 0 Å². The van der Waals surface area contributed by atoms with Crippen LogP contribution >= 0.6 is 38.9 Å². The number of hydrogen-bond acceptors (Lipinski definition) is 4. The van der Waals surface area contributed by atoms with Crippen molar-refractivity contribution in [3.05, 3.63) is 37.3 Å². The lowest BCUT2D eigenvalue weighted by atomic mass is 10.2. The molecule has 0 spiro atoms. The Morgan fingerprint density at radius 3 is 2.74 bits per heavy atom. The van der Waals surface area contributed by atoms with Crippen molar-refractivity contribution >= 4 is 44.7 Å². The normalized spacial score (nSPS) is 11.1. The first-order chi connectivity index (χ1) is 8.97. The van der Waals surface area contributed by atoms with Crippen molar-refractivity contribution in [1.82, 2.24) is 9.97 Å². The van der Waals surface area contributed by atoms with Crippen molar-refractivity contribution in [1.29, 1.82) is 0 Å². The summed E-state index contributed by atoms with van der Waals surface area (Å²) in [5.74, 6) is 1.84. The lowest BCUT2D eigenvalue weighted by Gasteiger charge is -2.12. The van der Waals surface area contributed by atoms with Gasteiger partial charge in [0.2, 0.25) is 0 Å². The first-order valence-electron chi connectivity index (χ1n) is 5.98. The van der Waals surface area contributed by atoms with Crippen LogP contribution in [0.4, 0.5) is 5.82 Å². The monoisotopic (exact) mass is 359 g/mol. The maximum atomic E-state index is 6.15. The average molecular weight is 361 g/mol. The van der Waals surface area contributed by atoms with Gasteiger partial charge in [-0.1, -0.05) is 25.4 Å². The summed E-state index contributed by atoms with van der Waals surface area (Å²) in [6.07, 6.45) is 0. The van der Waals surface area contributed by atoms with E-state index in [0.29, 0.717) is 5.15 Å². The van der Waals surface area contributed by atoms with Gasteiger partial charge in [0.1, 0.15) is 16.8 Å². The van der Waals surface area contributed by atoms with Crippen molar-refractivity contribution in [3.8, 4) is 0 Å². The molecule has 102 valence electrons. The zero-order valence-electron chi connectivity index (χ0n) is 11.0. The van der Waals surface area contributed by atoms with E-state index in [1.54, 1.807) is 11.3 Å². The van der Waals surface area contributed by atoms with Gasteiger partial charge >= 0.3 is 0 Å². The van der Waals surface area contributed by atoms with E-state index in [0.717, 1.165) is 28.2 Å². The summed E-state index contributed by atoms with van der Waals surface area (Å²) in [6, 6.07) is 2.10. The summed E-state index contributed by atoms with van der Waals surface area (Å²) in [4.78, 5) is 10.1. The molecule has 0 saturated heterocycles. The second kappa shape index (κ2) is 6.20. The molecule has 0 fully saturated rings. The zero-order valence-corrected chi connectivity index (χ0v) is 14.2. The third-order valence-corrected chi connectivity index (χ3v) is 4.74. The summed E-state index contributed by atoms with van der Waals surface area (Å²) < 4.78 is 1.11. The summed E-state index contributed by atoms with van der Waals surface area (Å²) in [5.41, 5.74) is 0.890. The number of halogens is 2. The molecule has 1 N–H and O–H groups in total. The van der Waals surface area contributed by atoms with Crippen LogP contribution in [0.2, 0.25) is 5.15 Å². The Hall–Kier alpha value is -0.650. The molecule has 0 aliphatic heterocycles. The summed E-state index contributed by atoms with van der Waals surface area (Å²) in [6.45, 7) is 6.78. The number of hydrogen-bond donors (Lipinski definition) is 1. The first-order valence-corrected chi connectivity index (χ1v) is 8.03. The Balaban J connectivity index is 2.19. The predicted octanol–water partition coefficient (Wildman–Crippen LogP) is 5.00. The van der Waals surface area contributed by atoms with E-state index < -0.39 is 0 Å². The maximum Gasteiger partial charge on any atom is 0.137 e. The third-order valence-electron chi connectivity index (χ3n) is 2.67. The number of aromatic nitrogens is 2. The molecule has 0 radical (unpaired) electrons. The van der Waals surface area contributed by atoms with E-state index in [-0.39, 0.29) is 5.92 Å². The Bertz CT molecular complexity index is 583. The Labute approximate surface area is 130 Å². The minimum Gasteiger partial charge on any atom is -0.365 e. The number of nitrogens with one attached hydrogen (secondary N) is 1. The van der Waals surface area contributed by atoms with Crippen LogP contribution < -0.4 is 5.32 Å². The molecule has 19 heavy (non-hydrogen) atoms. The fourth-order valence-corrected chi connectivity index (χ4v) is 3.12. The van der Waals surface area contributed by atoms with E-state index in [1.165, 1.54) is 4.88 Å². The van der Waals surface area contributed by atoms with Crippen LogP contribution in [-0.4, -0.2) is 9.97 Å². The summed E-state index contributed by atoms with van der Waals surface area (Å²) in [7, 11) is 0. The molecule has 6 heteroatoms. The summed E-state index contributed by atoms with van der Waals surface area (Å²) in [5, 5.41) is 5.92. The molecule has 0 unspecified atom stereocenters. The first kappa shape index (κ1) is 14.8. The topological polar surface area (TPSA) is 37.8 Å². The second-order valence-corrected chi connectivity index (χ2v) is 6.86. The molecule has 2 aromatic heterocycles. The standard InChI is InChI=1S/C13H15BrClN3S/c1-7(2)12-17-11(15)8(3)13(18-12)16-5-10-4-9(14)6-19-10/h4,6-7H,5H2,1-3H3,(H,16,17,18). The molecule has 0 atom stereocenters. The van der Waals surface area contributed by atoms with Crippen LogP contribution in [0.5, 0.6) is 0 Å². The summed E-state index contributed by atoms with van der Waals surface area (Å²) >= 11 is 11.3. The van der Waals surface area contributed by atoms with Crippen LogP contribution in [0.15, 0.2) is 15.9 Å². The van der Waals surface area contributed by atoms with Crippen molar-refractivity contribution in [2.75, 3.05) is 5.32 Å². The second-order valence-electron chi connectivity index (χ2n) is 4.59. The largest absolute Gasteiger partial charge is 0.365 e. The Morgan fingerprint density at radius 2 is 2.16 bits per heavy atom. The van der Waals surface area contributed by atoms with Crippen molar-refractivity contribution < 1.29 is 0 Å². The lowest BCUT2D eigenvalue weighted by molar-refractivity contribution is 0.771. The number of nitrogens with zero attached hydrogens (tertiary/aromatic N) is 2. The average Bonchev–Trinajstić information content (AvgIpc) is 2.76. The van der Waals surface area contributed by atoms with Crippen LogP contribution in [-0.2, 0) is 6.54 Å². The molecule has 0 amide bonds. The van der Waals surface area contributed by atoms with E-state index in [2.05, 4.69) is 56.5 Å². The molecule has 0 aromatic carbocycles.